The van der Waals surface area contributed by atoms with E-state index in [2.05, 4.69) is 11.6 Å². The molecule has 1 N–H and O–H groups in total. The Morgan fingerprint density at radius 1 is 1.11 bits per heavy atom. The Kier molecular flexibility index (Phi) is 5.07. The van der Waals surface area contributed by atoms with E-state index in [0.29, 0.717) is 47.0 Å². The molecule has 0 atom stereocenters. The summed E-state index contributed by atoms with van der Waals surface area (Å²) < 4.78 is 38.9. The van der Waals surface area contributed by atoms with Crippen LogP contribution >= 0.6 is 11.3 Å². The molecule has 0 amide bonds. The maximum atomic E-state index is 12.7. The second-order valence-corrected chi connectivity index (χ2v) is 9.31. The van der Waals surface area contributed by atoms with Crippen molar-refractivity contribution in [3.8, 4) is 11.3 Å². The summed E-state index contributed by atoms with van der Waals surface area (Å²) in [6.07, 6.45) is 1.65. The van der Waals surface area contributed by atoms with Gasteiger partial charge < -0.3 is 14.1 Å². The number of nitrogens with one attached hydrogen (secondary N) is 1. The van der Waals surface area contributed by atoms with Gasteiger partial charge in [0, 0.05) is 24.7 Å². The number of thiazole rings is 1. The van der Waals surface area contributed by atoms with Gasteiger partial charge in [-0.1, -0.05) is 6.58 Å². The van der Waals surface area contributed by atoms with E-state index in [0.717, 1.165) is 5.56 Å². The number of ether oxygens (including phenoxy) is 1. The third-order valence-electron chi connectivity index (χ3n) is 4.36. The van der Waals surface area contributed by atoms with Crippen LogP contribution in [0.3, 0.4) is 0 Å². The molecule has 1 saturated heterocycles. The Balaban J connectivity index is 1.59. The predicted octanol–water partition coefficient (Wildman–Crippen LogP) is 0.956. The van der Waals surface area contributed by atoms with Crippen LogP contribution in [0, 0.1) is 0 Å². The van der Waals surface area contributed by atoms with E-state index in [1.54, 1.807) is 42.5 Å². The number of furan rings is 1. The van der Waals surface area contributed by atoms with Gasteiger partial charge in [-0.05, 0) is 36.4 Å². The van der Waals surface area contributed by atoms with Crippen molar-refractivity contribution in [1.82, 2.24) is 9.29 Å². The summed E-state index contributed by atoms with van der Waals surface area (Å²) in [4.78, 5) is 14.6. The highest BCUT2D eigenvalue weighted by molar-refractivity contribution is 7.89. The van der Waals surface area contributed by atoms with Crippen LogP contribution < -0.4 is 14.8 Å². The van der Waals surface area contributed by atoms with Crippen LogP contribution in [0.15, 0.2) is 50.5 Å². The van der Waals surface area contributed by atoms with Gasteiger partial charge >= 0.3 is 0 Å². The van der Waals surface area contributed by atoms with Crippen molar-refractivity contribution >= 4 is 34.0 Å². The lowest BCUT2D eigenvalue weighted by molar-refractivity contribution is 0.0730. The Hall–Kier alpha value is -2.46. The van der Waals surface area contributed by atoms with Gasteiger partial charge in [0.1, 0.15) is 11.5 Å². The fourth-order valence-corrected chi connectivity index (χ4v) is 5.07. The second-order valence-electron chi connectivity index (χ2n) is 6.23. The third-order valence-corrected chi connectivity index (χ3v) is 7.14. The fraction of sp³-hybridized carbons (Fsp3) is 0.211. The molecule has 1 fully saturated rings. The maximum Gasteiger partial charge on any atom is 0.266 e. The number of nitrogens with zero attached hydrogens (tertiary/aromatic N) is 1. The molecule has 1 aliphatic heterocycles. The molecular formula is C19H18N2O5S2. The van der Waals surface area contributed by atoms with Crippen molar-refractivity contribution < 1.29 is 17.6 Å². The number of aromatic nitrogens is 1. The average Bonchev–Trinajstić information content (AvgIpc) is 3.29. The zero-order chi connectivity index (χ0) is 19.7. The summed E-state index contributed by atoms with van der Waals surface area (Å²) in [5.74, 6) is 1.12. The summed E-state index contributed by atoms with van der Waals surface area (Å²) in [5.41, 5.74) is 0.545. The summed E-state index contributed by atoms with van der Waals surface area (Å²) in [5, 5.41) is 0. The highest BCUT2D eigenvalue weighted by Gasteiger charge is 2.26. The molecule has 0 saturated carbocycles. The number of H-pyrrole nitrogens is 1. The average molecular weight is 418 g/mol. The molecule has 9 heteroatoms. The third kappa shape index (κ3) is 3.74. The first-order chi connectivity index (χ1) is 13.4. The van der Waals surface area contributed by atoms with Crippen LogP contribution in [-0.4, -0.2) is 44.0 Å². The molecular weight excluding hydrogens is 400 g/mol. The van der Waals surface area contributed by atoms with Gasteiger partial charge in [-0.2, -0.15) is 4.31 Å². The Labute approximate surface area is 165 Å². The lowest BCUT2D eigenvalue weighted by Gasteiger charge is -2.26. The molecule has 0 bridgehead atoms. The topological polar surface area (TPSA) is 92.6 Å². The Bertz CT molecular complexity index is 1250. The van der Waals surface area contributed by atoms with E-state index in [9.17, 15) is 13.2 Å². The molecule has 4 rings (SSSR count). The molecule has 1 aromatic carbocycles. The van der Waals surface area contributed by atoms with Crippen LogP contribution in [0.2, 0.25) is 0 Å². The smallest absolute Gasteiger partial charge is 0.266 e. The molecule has 28 heavy (non-hydrogen) atoms. The van der Waals surface area contributed by atoms with E-state index in [1.165, 1.54) is 15.6 Å². The van der Waals surface area contributed by atoms with Crippen LogP contribution in [-0.2, 0) is 14.8 Å². The highest BCUT2D eigenvalue weighted by atomic mass is 32.2. The van der Waals surface area contributed by atoms with Crippen LogP contribution in [0.1, 0.15) is 5.76 Å². The summed E-state index contributed by atoms with van der Waals surface area (Å²) in [7, 11) is -3.53. The molecule has 0 unspecified atom stereocenters. The number of morpholine rings is 1. The number of hydrogen-bond acceptors (Lipinski definition) is 6. The van der Waals surface area contributed by atoms with Gasteiger partial charge in [0.25, 0.3) is 5.56 Å². The lowest BCUT2D eigenvalue weighted by atomic mass is 10.2. The van der Waals surface area contributed by atoms with E-state index in [1.807, 2.05) is 0 Å². The van der Waals surface area contributed by atoms with Crippen LogP contribution in [0.25, 0.3) is 24.0 Å². The van der Waals surface area contributed by atoms with Crippen molar-refractivity contribution in [1.29, 1.82) is 0 Å². The first kappa shape index (κ1) is 18.9. The number of benzene rings is 1. The molecule has 0 radical (unpaired) electrons. The number of aromatic amines is 1. The quantitative estimate of drug-likeness (QED) is 0.681. The number of sulfonamides is 1. The first-order valence-corrected chi connectivity index (χ1v) is 10.9. The zero-order valence-corrected chi connectivity index (χ0v) is 16.5. The van der Waals surface area contributed by atoms with Crippen LogP contribution in [0.5, 0.6) is 0 Å². The first-order valence-electron chi connectivity index (χ1n) is 8.61. The predicted molar refractivity (Wildman–Crippen MR) is 107 cm³/mol. The van der Waals surface area contributed by atoms with Crippen molar-refractivity contribution in [2.45, 2.75) is 4.90 Å². The van der Waals surface area contributed by atoms with Gasteiger partial charge in [-0.25, -0.2) is 8.42 Å². The Morgan fingerprint density at radius 2 is 1.82 bits per heavy atom. The summed E-state index contributed by atoms with van der Waals surface area (Å²) in [6, 6.07) is 10.1. The molecule has 3 heterocycles. The number of hydrogen-bond donors (Lipinski definition) is 1. The summed E-state index contributed by atoms with van der Waals surface area (Å²) in [6.45, 7) is 5.25. The van der Waals surface area contributed by atoms with Crippen molar-refractivity contribution in [2.24, 2.45) is 0 Å². The lowest BCUT2D eigenvalue weighted by Crippen LogP contribution is -2.40. The van der Waals surface area contributed by atoms with E-state index < -0.39 is 10.0 Å². The standard InChI is InChI=1S/C19H18N2O5S2/c1-13-20-19(22)18(27-13)12-15-4-7-17(26-15)14-2-5-16(6-3-14)28(23,24)21-8-10-25-11-9-21/h2-7,12H,1,8-11H2,(H,20,22)/b18-12-. The second kappa shape index (κ2) is 7.51. The largest absolute Gasteiger partial charge is 0.457 e. The molecule has 2 aromatic heterocycles. The van der Waals surface area contributed by atoms with Crippen molar-refractivity contribution in [3.63, 3.8) is 0 Å². The normalized spacial score (nSPS) is 16.5. The number of rotatable bonds is 4. The fourth-order valence-electron chi connectivity index (χ4n) is 2.93. The van der Waals surface area contributed by atoms with E-state index in [4.69, 9.17) is 9.15 Å². The molecule has 3 aromatic rings. The molecule has 146 valence electrons. The maximum absolute atomic E-state index is 12.7. The molecule has 7 nitrogen and oxygen atoms in total. The monoisotopic (exact) mass is 418 g/mol. The SMILES string of the molecule is C=c1[nH]c(=O)/c(=C/c2ccc(-c3ccc(S(=O)(=O)N4CCOCC4)cc3)o2)s1. The minimum atomic E-state index is -3.53. The molecule has 0 aliphatic carbocycles. The van der Waals surface area contributed by atoms with Gasteiger partial charge in [0.15, 0.2) is 0 Å². The minimum absolute atomic E-state index is 0.203. The van der Waals surface area contributed by atoms with Gasteiger partial charge in [-0.15, -0.1) is 11.3 Å². The van der Waals surface area contributed by atoms with Gasteiger partial charge in [0.05, 0.1) is 27.3 Å². The Morgan fingerprint density at radius 3 is 2.46 bits per heavy atom. The zero-order valence-electron chi connectivity index (χ0n) is 14.9. The van der Waals surface area contributed by atoms with E-state index in [-0.39, 0.29) is 10.5 Å². The molecule has 0 spiro atoms. The van der Waals surface area contributed by atoms with E-state index >= 15 is 0 Å². The van der Waals surface area contributed by atoms with Gasteiger partial charge in [0.2, 0.25) is 10.0 Å². The highest BCUT2D eigenvalue weighted by Crippen LogP contribution is 2.25. The van der Waals surface area contributed by atoms with Crippen molar-refractivity contribution in [2.75, 3.05) is 26.3 Å². The minimum Gasteiger partial charge on any atom is -0.457 e. The van der Waals surface area contributed by atoms with Crippen molar-refractivity contribution in [3.05, 3.63) is 61.7 Å². The van der Waals surface area contributed by atoms with Crippen LogP contribution in [0.4, 0.5) is 0 Å². The molecule has 1 aliphatic rings. The summed E-state index contributed by atoms with van der Waals surface area (Å²) >= 11 is 1.26. The van der Waals surface area contributed by atoms with Gasteiger partial charge in [-0.3, -0.25) is 4.79 Å².